The maximum absolute atomic E-state index is 13.4. The van der Waals surface area contributed by atoms with E-state index in [1.807, 2.05) is 33.0 Å². The van der Waals surface area contributed by atoms with Gasteiger partial charge in [0.25, 0.3) is 0 Å². The molecule has 0 unspecified atom stereocenters. The van der Waals surface area contributed by atoms with Gasteiger partial charge in [0.05, 0.1) is 0 Å². The van der Waals surface area contributed by atoms with Crippen molar-refractivity contribution in [1.29, 1.82) is 0 Å². The van der Waals surface area contributed by atoms with Crippen LogP contribution in [0.4, 0.5) is 4.39 Å². The Kier molecular flexibility index (Phi) is 6.20. The van der Waals surface area contributed by atoms with Crippen LogP contribution in [0.1, 0.15) is 42.4 Å². The Morgan fingerprint density at radius 2 is 1.59 bits per heavy atom. The zero-order chi connectivity index (χ0) is 12.7. The highest BCUT2D eigenvalue weighted by molar-refractivity contribution is 5.30. The van der Waals surface area contributed by atoms with Crippen molar-refractivity contribution in [3.05, 3.63) is 34.6 Å². The van der Waals surface area contributed by atoms with Crippen LogP contribution in [-0.2, 0) is 6.42 Å². The fraction of sp³-hybridized carbons (Fsp3) is 0.600. The normalized spacial score (nSPS) is 10.8. The van der Waals surface area contributed by atoms with E-state index in [2.05, 4.69) is 5.32 Å². The SMILES string of the molecule is CNCCCCCCc1cc(C)c(F)c(C)c1. The van der Waals surface area contributed by atoms with Crippen LogP contribution in [0.3, 0.4) is 0 Å². The van der Waals surface area contributed by atoms with Crippen molar-refractivity contribution in [3.63, 3.8) is 0 Å². The van der Waals surface area contributed by atoms with Crippen molar-refractivity contribution in [2.45, 2.75) is 46.0 Å². The molecule has 0 radical (unpaired) electrons. The fourth-order valence-corrected chi connectivity index (χ4v) is 2.16. The molecular weight excluding hydrogens is 213 g/mol. The van der Waals surface area contributed by atoms with E-state index in [0.29, 0.717) is 0 Å². The van der Waals surface area contributed by atoms with E-state index >= 15 is 0 Å². The molecule has 96 valence electrons. The van der Waals surface area contributed by atoms with Gasteiger partial charge in [0.15, 0.2) is 0 Å². The van der Waals surface area contributed by atoms with Gasteiger partial charge in [-0.1, -0.05) is 25.0 Å². The second kappa shape index (κ2) is 7.44. The highest BCUT2D eigenvalue weighted by Crippen LogP contribution is 2.16. The summed E-state index contributed by atoms with van der Waals surface area (Å²) < 4.78 is 13.4. The standard InChI is InChI=1S/C15H24FN/c1-12-10-14(11-13(2)15(12)16)8-6-4-5-7-9-17-3/h10-11,17H,4-9H2,1-3H3. The topological polar surface area (TPSA) is 12.0 Å². The third-order valence-corrected chi connectivity index (χ3v) is 3.14. The zero-order valence-electron chi connectivity index (χ0n) is 11.3. The van der Waals surface area contributed by atoms with Crippen LogP contribution in [0.5, 0.6) is 0 Å². The van der Waals surface area contributed by atoms with Gasteiger partial charge in [-0.25, -0.2) is 4.39 Å². The molecule has 2 heteroatoms. The molecule has 0 aliphatic heterocycles. The molecule has 0 atom stereocenters. The summed E-state index contributed by atoms with van der Waals surface area (Å²) >= 11 is 0. The molecule has 1 nitrogen and oxygen atoms in total. The average molecular weight is 237 g/mol. The van der Waals surface area contributed by atoms with E-state index in [1.54, 1.807) is 0 Å². The number of benzene rings is 1. The highest BCUT2D eigenvalue weighted by Gasteiger charge is 2.03. The molecule has 0 heterocycles. The van der Waals surface area contributed by atoms with E-state index in [-0.39, 0.29) is 5.82 Å². The smallest absolute Gasteiger partial charge is 0.129 e. The molecule has 0 aliphatic rings. The Balaban J connectivity index is 2.32. The predicted molar refractivity (Wildman–Crippen MR) is 72.0 cm³/mol. The van der Waals surface area contributed by atoms with Crippen LogP contribution in [0, 0.1) is 19.7 Å². The summed E-state index contributed by atoms with van der Waals surface area (Å²) in [5.74, 6) is -0.0530. The lowest BCUT2D eigenvalue weighted by atomic mass is 10.0. The maximum atomic E-state index is 13.4. The molecule has 1 N–H and O–H groups in total. The molecule has 1 rings (SSSR count). The summed E-state index contributed by atoms with van der Waals surface area (Å²) in [6, 6.07) is 3.96. The minimum atomic E-state index is -0.0530. The van der Waals surface area contributed by atoms with Crippen LogP contribution in [-0.4, -0.2) is 13.6 Å². The summed E-state index contributed by atoms with van der Waals surface area (Å²) in [7, 11) is 1.99. The number of aryl methyl sites for hydroxylation is 3. The van der Waals surface area contributed by atoms with Crippen LogP contribution in [0.15, 0.2) is 12.1 Å². The van der Waals surface area contributed by atoms with Crippen LogP contribution in [0.2, 0.25) is 0 Å². The molecule has 0 aliphatic carbocycles. The monoisotopic (exact) mass is 237 g/mol. The Bertz CT molecular complexity index is 324. The van der Waals surface area contributed by atoms with Crippen molar-refractivity contribution < 1.29 is 4.39 Å². The molecule has 0 saturated heterocycles. The third-order valence-electron chi connectivity index (χ3n) is 3.14. The Hall–Kier alpha value is -0.890. The van der Waals surface area contributed by atoms with E-state index in [9.17, 15) is 4.39 Å². The van der Waals surface area contributed by atoms with Gasteiger partial charge < -0.3 is 5.32 Å². The fourth-order valence-electron chi connectivity index (χ4n) is 2.16. The van der Waals surface area contributed by atoms with Gasteiger partial charge in [0.2, 0.25) is 0 Å². The Labute approximate surface area is 104 Å². The Morgan fingerprint density at radius 3 is 2.18 bits per heavy atom. The van der Waals surface area contributed by atoms with Gasteiger partial charge in [0.1, 0.15) is 5.82 Å². The van der Waals surface area contributed by atoms with E-state index in [4.69, 9.17) is 0 Å². The molecule has 0 spiro atoms. The predicted octanol–water partition coefficient (Wildman–Crippen LogP) is 3.76. The van der Waals surface area contributed by atoms with Crippen LogP contribution >= 0.6 is 0 Å². The van der Waals surface area contributed by atoms with Crippen molar-refractivity contribution in [2.75, 3.05) is 13.6 Å². The summed E-state index contributed by atoms with van der Waals surface area (Å²) in [6.45, 7) is 4.80. The number of hydrogen-bond donors (Lipinski definition) is 1. The minimum Gasteiger partial charge on any atom is -0.320 e. The molecule has 0 aromatic heterocycles. The van der Waals surface area contributed by atoms with Gasteiger partial charge in [-0.2, -0.15) is 0 Å². The molecule has 1 aromatic rings. The number of rotatable bonds is 7. The minimum absolute atomic E-state index is 0.0530. The summed E-state index contributed by atoms with van der Waals surface area (Å²) in [5.41, 5.74) is 2.82. The second-order valence-electron chi connectivity index (χ2n) is 4.81. The first kappa shape index (κ1) is 14.2. The lowest BCUT2D eigenvalue weighted by Gasteiger charge is -2.07. The lowest BCUT2D eigenvalue weighted by molar-refractivity contribution is 0.603. The average Bonchev–Trinajstić information content (AvgIpc) is 2.30. The van der Waals surface area contributed by atoms with Crippen LogP contribution in [0.25, 0.3) is 0 Å². The maximum Gasteiger partial charge on any atom is 0.129 e. The Morgan fingerprint density at radius 1 is 1.00 bits per heavy atom. The molecular formula is C15H24FN. The van der Waals surface area contributed by atoms with Crippen molar-refractivity contribution in [2.24, 2.45) is 0 Å². The first-order valence-electron chi connectivity index (χ1n) is 6.55. The molecule has 0 saturated carbocycles. The first-order chi connectivity index (χ1) is 8.15. The van der Waals surface area contributed by atoms with Gasteiger partial charge in [-0.3, -0.25) is 0 Å². The molecule has 1 aromatic carbocycles. The number of halogens is 1. The van der Waals surface area contributed by atoms with Gasteiger partial charge >= 0.3 is 0 Å². The summed E-state index contributed by atoms with van der Waals surface area (Å²) in [5, 5.41) is 3.16. The molecule has 17 heavy (non-hydrogen) atoms. The van der Waals surface area contributed by atoms with Gasteiger partial charge in [0, 0.05) is 0 Å². The number of hydrogen-bond acceptors (Lipinski definition) is 1. The van der Waals surface area contributed by atoms with Crippen molar-refractivity contribution >= 4 is 0 Å². The van der Waals surface area contributed by atoms with Crippen molar-refractivity contribution in [3.8, 4) is 0 Å². The number of nitrogens with one attached hydrogen (secondary N) is 1. The third kappa shape index (κ3) is 4.86. The molecule has 0 fully saturated rings. The summed E-state index contributed by atoms with van der Waals surface area (Å²) in [6.07, 6.45) is 6.06. The van der Waals surface area contributed by atoms with Gasteiger partial charge in [-0.05, 0) is 63.4 Å². The zero-order valence-corrected chi connectivity index (χ0v) is 11.3. The van der Waals surface area contributed by atoms with Crippen LogP contribution < -0.4 is 5.32 Å². The first-order valence-corrected chi connectivity index (χ1v) is 6.55. The molecule has 0 bridgehead atoms. The lowest BCUT2D eigenvalue weighted by Crippen LogP contribution is -2.06. The van der Waals surface area contributed by atoms with Gasteiger partial charge in [-0.15, -0.1) is 0 Å². The largest absolute Gasteiger partial charge is 0.320 e. The van der Waals surface area contributed by atoms with E-state index < -0.39 is 0 Å². The van der Waals surface area contributed by atoms with E-state index in [1.165, 1.54) is 31.2 Å². The highest BCUT2D eigenvalue weighted by atomic mass is 19.1. The second-order valence-corrected chi connectivity index (χ2v) is 4.81. The number of unbranched alkanes of at least 4 members (excludes halogenated alkanes) is 3. The molecule has 0 amide bonds. The van der Waals surface area contributed by atoms with E-state index in [0.717, 1.165) is 24.1 Å². The quantitative estimate of drug-likeness (QED) is 0.712. The van der Waals surface area contributed by atoms with Crippen molar-refractivity contribution in [1.82, 2.24) is 5.32 Å². The summed E-state index contributed by atoms with van der Waals surface area (Å²) in [4.78, 5) is 0.